The molecule has 100 valence electrons. The highest BCUT2D eigenvalue weighted by molar-refractivity contribution is 6.04. The lowest BCUT2D eigenvalue weighted by Crippen LogP contribution is -2.38. The van der Waals surface area contributed by atoms with Crippen LogP contribution >= 0.6 is 0 Å². The zero-order valence-electron chi connectivity index (χ0n) is 10.8. The van der Waals surface area contributed by atoms with Crippen LogP contribution in [0.2, 0.25) is 0 Å². The smallest absolute Gasteiger partial charge is 0.274 e. The molecule has 2 aromatic rings. The third-order valence-corrected chi connectivity index (χ3v) is 3.63. The van der Waals surface area contributed by atoms with Gasteiger partial charge in [0.1, 0.15) is 11.0 Å². The van der Waals surface area contributed by atoms with Gasteiger partial charge >= 0.3 is 0 Å². The molecule has 1 aromatic carbocycles. The number of amides is 1. The van der Waals surface area contributed by atoms with Crippen molar-refractivity contribution in [1.82, 2.24) is 20.5 Å². The van der Waals surface area contributed by atoms with Gasteiger partial charge in [0.25, 0.3) is 5.91 Å². The lowest BCUT2D eigenvalue weighted by molar-refractivity contribution is -0.121. The Kier molecular flexibility index (Phi) is 3.16. The molecule has 1 aromatic heterocycles. The van der Waals surface area contributed by atoms with Crippen molar-refractivity contribution in [3.63, 3.8) is 0 Å². The Morgan fingerprint density at radius 1 is 1.37 bits per heavy atom. The number of hydrogen-bond donors (Lipinski definition) is 1. The highest BCUT2D eigenvalue weighted by atomic mass is 16.7. The molecule has 3 rings (SSSR count). The highest BCUT2D eigenvalue weighted by Gasteiger charge is 2.29. The Morgan fingerprint density at radius 2 is 2.16 bits per heavy atom. The molecule has 0 spiro atoms. The van der Waals surface area contributed by atoms with E-state index in [-0.39, 0.29) is 11.9 Å². The van der Waals surface area contributed by atoms with Crippen LogP contribution in [0.25, 0.3) is 11.0 Å². The van der Waals surface area contributed by atoms with E-state index in [4.69, 9.17) is 4.84 Å². The molecule has 1 N–H and O–H groups in total. The fourth-order valence-electron chi connectivity index (χ4n) is 2.70. The van der Waals surface area contributed by atoms with Gasteiger partial charge in [-0.25, -0.2) is 5.06 Å². The zero-order valence-corrected chi connectivity index (χ0v) is 10.8. The van der Waals surface area contributed by atoms with Gasteiger partial charge in [-0.15, -0.1) is 0 Å². The van der Waals surface area contributed by atoms with Crippen LogP contribution in [-0.2, 0) is 4.84 Å². The molecule has 1 saturated carbocycles. The number of fused-ring (bicyclic) bond motifs is 1. The Hall–Kier alpha value is -1.95. The molecule has 19 heavy (non-hydrogen) atoms. The molecule has 0 aliphatic heterocycles. The van der Waals surface area contributed by atoms with Gasteiger partial charge in [0.05, 0.1) is 18.7 Å². The van der Waals surface area contributed by atoms with Crippen LogP contribution in [0.4, 0.5) is 0 Å². The van der Waals surface area contributed by atoms with Crippen molar-refractivity contribution in [3.8, 4) is 0 Å². The number of H-pyrrole nitrogens is 1. The van der Waals surface area contributed by atoms with Gasteiger partial charge in [-0.2, -0.15) is 15.4 Å². The number of para-hydroxylation sites is 1. The number of rotatable bonds is 3. The number of aromatic nitrogens is 3. The van der Waals surface area contributed by atoms with E-state index in [1.807, 2.05) is 6.07 Å². The summed E-state index contributed by atoms with van der Waals surface area (Å²) in [5.41, 5.74) is 1.81. The minimum absolute atomic E-state index is 0.145. The molecule has 1 heterocycles. The molecule has 0 saturated heterocycles. The minimum Gasteiger partial charge on any atom is -0.274 e. The van der Waals surface area contributed by atoms with Crippen molar-refractivity contribution in [1.29, 1.82) is 0 Å². The van der Waals surface area contributed by atoms with Crippen molar-refractivity contribution in [2.45, 2.75) is 31.7 Å². The van der Waals surface area contributed by atoms with Crippen LogP contribution in [0.5, 0.6) is 0 Å². The Morgan fingerprint density at radius 3 is 2.89 bits per heavy atom. The van der Waals surface area contributed by atoms with E-state index in [0.29, 0.717) is 16.6 Å². The number of hydroxylamine groups is 2. The van der Waals surface area contributed by atoms with Crippen LogP contribution in [0.3, 0.4) is 0 Å². The number of carbonyl (C=O) groups excluding carboxylic acids is 1. The molecular weight excluding hydrogens is 244 g/mol. The number of aromatic amines is 1. The fourth-order valence-corrected chi connectivity index (χ4v) is 2.70. The summed E-state index contributed by atoms with van der Waals surface area (Å²) in [6.07, 6.45) is 4.28. The molecular formula is C13H16N4O2. The van der Waals surface area contributed by atoms with Gasteiger partial charge in [0, 0.05) is 0 Å². The second-order valence-electron chi connectivity index (χ2n) is 4.75. The lowest BCUT2D eigenvalue weighted by Gasteiger charge is -2.26. The summed E-state index contributed by atoms with van der Waals surface area (Å²) in [6, 6.07) is 5.55. The van der Waals surface area contributed by atoms with Gasteiger partial charge in [0.2, 0.25) is 0 Å². The summed E-state index contributed by atoms with van der Waals surface area (Å²) >= 11 is 0. The number of nitrogens with one attached hydrogen (secondary N) is 1. The van der Waals surface area contributed by atoms with Gasteiger partial charge in [-0.1, -0.05) is 18.9 Å². The van der Waals surface area contributed by atoms with Crippen molar-refractivity contribution >= 4 is 16.9 Å². The van der Waals surface area contributed by atoms with Crippen LogP contribution in [0.15, 0.2) is 18.2 Å². The first-order valence-electron chi connectivity index (χ1n) is 6.48. The first-order chi connectivity index (χ1) is 9.31. The average molecular weight is 260 g/mol. The average Bonchev–Trinajstić information content (AvgIpc) is 3.09. The SMILES string of the molecule is CON(C(=O)c1cccc2n[nH]nc12)C1CCCC1. The maximum atomic E-state index is 12.6. The molecule has 6 heteroatoms. The molecule has 6 nitrogen and oxygen atoms in total. The number of hydrogen-bond acceptors (Lipinski definition) is 4. The summed E-state index contributed by atoms with van der Waals surface area (Å²) in [6.45, 7) is 0. The van der Waals surface area contributed by atoms with E-state index in [1.54, 1.807) is 19.2 Å². The van der Waals surface area contributed by atoms with Crippen LogP contribution < -0.4 is 0 Å². The van der Waals surface area contributed by atoms with E-state index in [1.165, 1.54) is 5.06 Å². The van der Waals surface area contributed by atoms with Gasteiger partial charge < -0.3 is 0 Å². The van der Waals surface area contributed by atoms with E-state index >= 15 is 0 Å². The molecule has 1 aliphatic rings. The van der Waals surface area contributed by atoms with Gasteiger partial charge in [-0.05, 0) is 25.0 Å². The number of benzene rings is 1. The Bertz CT molecular complexity index is 589. The summed E-state index contributed by atoms with van der Waals surface area (Å²) in [7, 11) is 1.54. The second-order valence-corrected chi connectivity index (χ2v) is 4.75. The fraction of sp³-hybridized carbons (Fsp3) is 0.462. The maximum absolute atomic E-state index is 12.6. The summed E-state index contributed by atoms with van der Waals surface area (Å²) in [5, 5.41) is 12.1. The molecule has 0 bridgehead atoms. The summed E-state index contributed by atoms with van der Waals surface area (Å²) < 4.78 is 0. The van der Waals surface area contributed by atoms with Crippen molar-refractivity contribution in [2.75, 3.05) is 7.11 Å². The van der Waals surface area contributed by atoms with Gasteiger partial charge in [0.15, 0.2) is 0 Å². The third-order valence-electron chi connectivity index (χ3n) is 3.63. The van der Waals surface area contributed by atoms with Crippen LogP contribution in [0, 0.1) is 0 Å². The van der Waals surface area contributed by atoms with Gasteiger partial charge in [-0.3, -0.25) is 9.63 Å². The highest BCUT2D eigenvalue weighted by Crippen LogP contribution is 2.26. The lowest BCUT2D eigenvalue weighted by atomic mass is 10.1. The largest absolute Gasteiger partial charge is 0.280 e. The standard InChI is InChI=1S/C13H16N4O2/c1-19-17(9-5-2-3-6-9)13(18)10-7-4-8-11-12(10)15-16-14-11/h4,7-9H,2-3,5-6H2,1H3,(H,14,15,16). The van der Waals surface area contributed by atoms with Crippen molar-refractivity contribution in [2.24, 2.45) is 0 Å². The molecule has 0 atom stereocenters. The zero-order chi connectivity index (χ0) is 13.2. The quantitative estimate of drug-likeness (QED) is 0.856. The topological polar surface area (TPSA) is 71.1 Å². The van der Waals surface area contributed by atoms with E-state index in [0.717, 1.165) is 25.7 Å². The predicted molar refractivity (Wildman–Crippen MR) is 69.3 cm³/mol. The second kappa shape index (κ2) is 4.97. The number of nitrogens with zero attached hydrogens (tertiary/aromatic N) is 3. The van der Waals surface area contributed by atoms with Crippen LogP contribution in [-0.4, -0.2) is 39.5 Å². The molecule has 1 aliphatic carbocycles. The first-order valence-corrected chi connectivity index (χ1v) is 6.48. The molecule has 1 fully saturated rings. The van der Waals surface area contributed by atoms with Crippen molar-refractivity contribution < 1.29 is 9.63 Å². The molecule has 0 radical (unpaired) electrons. The first kappa shape index (κ1) is 12.1. The van der Waals surface area contributed by atoms with E-state index < -0.39 is 0 Å². The summed E-state index contributed by atoms with van der Waals surface area (Å²) in [4.78, 5) is 17.9. The predicted octanol–water partition coefficient (Wildman–Crippen LogP) is 1.90. The molecule has 0 unspecified atom stereocenters. The Balaban J connectivity index is 1.95. The Labute approximate surface area is 110 Å². The number of carbonyl (C=O) groups is 1. The van der Waals surface area contributed by atoms with Crippen molar-refractivity contribution in [3.05, 3.63) is 23.8 Å². The normalized spacial score (nSPS) is 16.1. The maximum Gasteiger partial charge on any atom is 0.280 e. The van der Waals surface area contributed by atoms with E-state index in [2.05, 4.69) is 15.4 Å². The minimum atomic E-state index is -0.145. The molecule has 1 amide bonds. The summed E-state index contributed by atoms with van der Waals surface area (Å²) in [5.74, 6) is -0.145. The van der Waals surface area contributed by atoms with Crippen LogP contribution in [0.1, 0.15) is 36.0 Å². The third kappa shape index (κ3) is 2.08. The monoisotopic (exact) mass is 260 g/mol. The van der Waals surface area contributed by atoms with E-state index in [9.17, 15) is 4.79 Å².